The molecule has 2 atom stereocenters. The van der Waals surface area contributed by atoms with E-state index in [4.69, 9.17) is 9.84 Å². The van der Waals surface area contributed by atoms with Gasteiger partial charge in [-0.3, -0.25) is 9.00 Å². The third-order valence-electron chi connectivity index (χ3n) is 3.42. The Labute approximate surface area is 97.8 Å². The lowest BCUT2D eigenvalue weighted by Crippen LogP contribution is -2.31. The maximum Gasteiger partial charge on any atom is 0.303 e. The largest absolute Gasteiger partial charge is 0.481 e. The van der Waals surface area contributed by atoms with Gasteiger partial charge in [-0.2, -0.15) is 0 Å². The number of ether oxygens (including phenoxy) is 1. The predicted molar refractivity (Wildman–Crippen MR) is 60.8 cm³/mol. The van der Waals surface area contributed by atoms with E-state index in [1.807, 2.05) is 0 Å². The number of hydrogen-bond donors (Lipinski definition) is 1. The Hall–Kier alpha value is -0.420. The van der Waals surface area contributed by atoms with Gasteiger partial charge in [0.05, 0.1) is 18.3 Å². The van der Waals surface area contributed by atoms with Gasteiger partial charge < -0.3 is 9.84 Å². The van der Waals surface area contributed by atoms with Crippen molar-refractivity contribution in [3.63, 3.8) is 0 Å². The molecule has 92 valence electrons. The topological polar surface area (TPSA) is 63.6 Å². The van der Waals surface area contributed by atoms with Gasteiger partial charge in [0, 0.05) is 23.2 Å². The summed E-state index contributed by atoms with van der Waals surface area (Å²) in [5.41, 5.74) is -0.159. The molecule has 0 aromatic heterocycles. The Morgan fingerprint density at radius 1 is 1.50 bits per heavy atom. The molecule has 1 saturated heterocycles. The summed E-state index contributed by atoms with van der Waals surface area (Å²) in [6, 6.07) is 0. The summed E-state index contributed by atoms with van der Waals surface area (Å²) >= 11 is 0. The van der Waals surface area contributed by atoms with Gasteiger partial charge in [-0.15, -0.1) is 0 Å². The van der Waals surface area contributed by atoms with Crippen LogP contribution in [-0.2, 0) is 20.3 Å². The van der Waals surface area contributed by atoms with E-state index < -0.39 is 16.8 Å². The zero-order valence-corrected chi connectivity index (χ0v) is 10.1. The monoisotopic (exact) mass is 246 g/mol. The fourth-order valence-corrected chi connectivity index (χ4v) is 4.12. The van der Waals surface area contributed by atoms with Crippen LogP contribution in [0.4, 0.5) is 0 Å². The predicted octanol–water partition coefficient (Wildman–Crippen LogP) is 1.17. The van der Waals surface area contributed by atoms with Crippen molar-refractivity contribution in [1.82, 2.24) is 0 Å². The number of rotatable bonds is 5. The lowest BCUT2D eigenvalue weighted by Gasteiger charge is -2.23. The SMILES string of the molecule is O=C(O)CC1(CS(=O)C2CCCOC2)CC1. The molecule has 0 bridgehead atoms. The van der Waals surface area contributed by atoms with E-state index >= 15 is 0 Å². The molecule has 4 nitrogen and oxygen atoms in total. The fraction of sp³-hybridized carbons (Fsp3) is 0.909. The normalized spacial score (nSPS) is 29.6. The molecule has 0 aromatic carbocycles. The third-order valence-corrected chi connectivity index (χ3v) is 5.43. The molecule has 0 aromatic rings. The van der Waals surface area contributed by atoms with E-state index in [1.165, 1.54) is 0 Å². The molecule has 16 heavy (non-hydrogen) atoms. The van der Waals surface area contributed by atoms with Crippen molar-refractivity contribution >= 4 is 16.8 Å². The highest BCUT2D eigenvalue weighted by molar-refractivity contribution is 7.85. The van der Waals surface area contributed by atoms with Crippen LogP contribution in [0.5, 0.6) is 0 Å². The van der Waals surface area contributed by atoms with Gasteiger partial charge in [0.25, 0.3) is 0 Å². The molecule has 1 saturated carbocycles. The Morgan fingerprint density at radius 3 is 2.75 bits per heavy atom. The molecule has 1 aliphatic carbocycles. The number of carbonyl (C=O) groups is 1. The zero-order chi connectivity index (χ0) is 11.6. The van der Waals surface area contributed by atoms with Crippen molar-refractivity contribution in [2.24, 2.45) is 5.41 Å². The van der Waals surface area contributed by atoms with Crippen LogP contribution in [0.15, 0.2) is 0 Å². The number of aliphatic carboxylic acids is 1. The quantitative estimate of drug-likeness (QED) is 0.791. The van der Waals surface area contributed by atoms with E-state index in [9.17, 15) is 9.00 Å². The Morgan fingerprint density at radius 2 is 2.25 bits per heavy atom. The maximum absolute atomic E-state index is 12.1. The molecule has 1 heterocycles. The first-order valence-corrected chi connectivity index (χ1v) is 7.16. The van der Waals surface area contributed by atoms with Crippen LogP contribution >= 0.6 is 0 Å². The van der Waals surface area contributed by atoms with Crippen molar-refractivity contribution in [2.45, 2.75) is 37.4 Å². The molecule has 1 N–H and O–H groups in total. The zero-order valence-electron chi connectivity index (χ0n) is 9.31. The van der Waals surface area contributed by atoms with E-state index in [0.29, 0.717) is 12.4 Å². The van der Waals surface area contributed by atoms with Crippen LogP contribution in [0, 0.1) is 5.41 Å². The highest BCUT2D eigenvalue weighted by Crippen LogP contribution is 2.49. The van der Waals surface area contributed by atoms with Crippen LogP contribution in [0.1, 0.15) is 32.1 Å². The average Bonchev–Trinajstić information content (AvgIpc) is 2.98. The van der Waals surface area contributed by atoms with Crippen molar-refractivity contribution in [3.8, 4) is 0 Å². The van der Waals surface area contributed by atoms with Crippen molar-refractivity contribution in [3.05, 3.63) is 0 Å². The first-order valence-electron chi connectivity index (χ1n) is 5.78. The Kier molecular flexibility index (Phi) is 3.64. The van der Waals surface area contributed by atoms with Gasteiger partial charge in [0.2, 0.25) is 0 Å². The van der Waals surface area contributed by atoms with Crippen molar-refractivity contribution in [2.75, 3.05) is 19.0 Å². The van der Waals surface area contributed by atoms with Crippen LogP contribution < -0.4 is 0 Å². The first-order chi connectivity index (χ1) is 7.61. The summed E-state index contributed by atoms with van der Waals surface area (Å²) in [7, 11) is -0.918. The minimum absolute atomic E-state index is 0.125. The van der Waals surface area contributed by atoms with E-state index in [2.05, 4.69) is 0 Å². The smallest absolute Gasteiger partial charge is 0.303 e. The highest BCUT2D eigenvalue weighted by atomic mass is 32.2. The molecule has 0 spiro atoms. The fourth-order valence-electron chi connectivity index (χ4n) is 2.21. The van der Waals surface area contributed by atoms with Gasteiger partial charge in [-0.1, -0.05) is 0 Å². The molecule has 2 unspecified atom stereocenters. The van der Waals surface area contributed by atoms with Crippen LogP contribution in [0.25, 0.3) is 0 Å². The van der Waals surface area contributed by atoms with Crippen LogP contribution in [0.3, 0.4) is 0 Å². The second-order valence-electron chi connectivity index (χ2n) is 4.93. The molecular weight excluding hydrogens is 228 g/mol. The van der Waals surface area contributed by atoms with E-state index in [-0.39, 0.29) is 17.1 Å². The van der Waals surface area contributed by atoms with Crippen LogP contribution in [-0.4, -0.2) is 39.5 Å². The summed E-state index contributed by atoms with van der Waals surface area (Å²) in [5.74, 6) is -0.220. The minimum atomic E-state index is -0.918. The molecule has 2 fully saturated rings. The van der Waals surface area contributed by atoms with Crippen molar-refractivity contribution in [1.29, 1.82) is 0 Å². The molecule has 0 radical (unpaired) electrons. The van der Waals surface area contributed by atoms with E-state index in [0.717, 1.165) is 32.3 Å². The summed E-state index contributed by atoms with van der Waals surface area (Å²) < 4.78 is 17.4. The number of hydrogen-bond acceptors (Lipinski definition) is 3. The molecule has 2 rings (SSSR count). The van der Waals surface area contributed by atoms with Gasteiger partial charge in [0.1, 0.15) is 0 Å². The van der Waals surface area contributed by atoms with Gasteiger partial charge in [-0.25, -0.2) is 0 Å². The maximum atomic E-state index is 12.1. The molecule has 5 heteroatoms. The second-order valence-corrected chi connectivity index (χ2v) is 6.65. The van der Waals surface area contributed by atoms with Crippen molar-refractivity contribution < 1.29 is 18.8 Å². The third kappa shape index (κ3) is 3.04. The van der Waals surface area contributed by atoms with Gasteiger partial charge in [0.15, 0.2) is 0 Å². The number of carboxylic acid groups (broad SMARTS) is 1. The van der Waals surface area contributed by atoms with Gasteiger partial charge in [-0.05, 0) is 31.1 Å². The number of carboxylic acids is 1. The average molecular weight is 246 g/mol. The minimum Gasteiger partial charge on any atom is -0.481 e. The molecule has 0 amide bonds. The molecular formula is C11H18O4S. The summed E-state index contributed by atoms with van der Waals surface area (Å²) in [6.45, 7) is 1.35. The summed E-state index contributed by atoms with van der Waals surface area (Å²) in [4.78, 5) is 10.7. The lowest BCUT2D eigenvalue weighted by molar-refractivity contribution is -0.138. The van der Waals surface area contributed by atoms with Crippen LogP contribution in [0.2, 0.25) is 0 Å². The summed E-state index contributed by atoms with van der Waals surface area (Å²) in [5, 5.41) is 8.91. The molecule has 1 aliphatic heterocycles. The standard InChI is InChI=1S/C11H18O4S/c12-10(13)6-11(3-4-11)8-16(14)9-2-1-5-15-7-9/h9H,1-8H2,(H,12,13). The van der Waals surface area contributed by atoms with Gasteiger partial charge >= 0.3 is 5.97 Å². The van der Waals surface area contributed by atoms with E-state index in [1.54, 1.807) is 0 Å². The summed E-state index contributed by atoms with van der Waals surface area (Å²) in [6.07, 6.45) is 3.93. The Bertz CT molecular complexity index is 292. The molecule has 2 aliphatic rings. The lowest BCUT2D eigenvalue weighted by atomic mass is 10.1. The highest BCUT2D eigenvalue weighted by Gasteiger charge is 2.46. The Balaban J connectivity index is 1.84. The first kappa shape index (κ1) is 12.0. The second kappa shape index (κ2) is 4.84.